The van der Waals surface area contributed by atoms with Gasteiger partial charge in [-0.1, -0.05) is 17.7 Å². The largest absolute Gasteiger partial charge is 0.287 e. The molecular formula is C14H11N3O4. The number of hydrogen-bond acceptors (Lipinski definition) is 5. The van der Waals surface area contributed by atoms with Gasteiger partial charge in [-0.05, 0) is 25.1 Å². The number of nitro groups is 1. The van der Waals surface area contributed by atoms with E-state index >= 15 is 0 Å². The second kappa shape index (κ2) is 5.91. The maximum Gasteiger partial charge on any atom is 0.287 e. The number of rotatable bonds is 3. The predicted molar refractivity (Wildman–Crippen MR) is 73.9 cm³/mol. The van der Waals surface area contributed by atoms with Gasteiger partial charge in [0.15, 0.2) is 0 Å². The SMILES string of the molecule is Cc1ccc(C(=O)NC(=O)c2ccc([N+](=O)[O-])cn2)cc1. The van der Waals surface area contributed by atoms with Crippen LogP contribution < -0.4 is 5.32 Å². The Morgan fingerprint density at radius 2 is 1.76 bits per heavy atom. The first-order valence-electron chi connectivity index (χ1n) is 6.00. The summed E-state index contributed by atoms with van der Waals surface area (Å²) in [7, 11) is 0. The van der Waals surface area contributed by atoms with Crippen molar-refractivity contribution in [2.75, 3.05) is 0 Å². The van der Waals surface area contributed by atoms with Crippen molar-refractivity contribution in [2.24, 2.45) is 0 Å². The number of aryl methyl sites for hydroxylation is 1. The van der Waals surface area contributed by atoms with Gasteiger partial charge in [0.25, 0.3) is 17.5 Å². The number of hydrogen-bond donors (Lipinski definition) is 1. The third kappa shape index (κ3) is 3.47. The fraction of sp³-hybridized carbons (Fsp3) is 0.0714. The van der Waals surface area contributed by atoms with Crippen LogP contribution in [-0.2, 0) is 0 Å². The summed E-state index contributed by atoms with van der Waals surface area (Å²) < 4.78 is 0. The van der Waals surface area contributed by atoms with Crippen LogP contribution in [0.25, 0.3) is 0 Å². The third-order valence-electron chi connectivity index (χ3n) is 2.73. The van der Waals surface area contributed by atoms with Crippen molar-refractivity contribution in [1.82, 2.24) is 10.3 Å². The molecule has 0 saturated carbocycles. The smallest absolute Gasteiger partial charge is 0.287 e. The number of benzene rings is 1. The van der Waals surface area contributed by atoms with E-state index in [2.05, 4.69) is 10.3 Å². The van der Waals surface area contributed by atoms with Gasteiger partial charge in [-0.3, -0.25) is 25.0 Å². The van der Waals surface area contributed by atoms with Crippen molar-refractivity contribution < 1.29 is 14.5 Å². The first kappa shape index (κ1) is 14.3. The fourth-order valence-corrected chi connectivity index (χ4v) is 1.57. The van der Waals surface area contributed by atoms with E-state index in [1.54, 1.807) is 24.3 Å². The van der Waals surface area contributed by atoms with Crippen LogP contribution in [-0.4, -0.2) is 21.7 Å². The highest BCUT2D eigenvalue weighted by molar-refractivity contribution is 6.09. The first-order chi connectivity index (χ1) is 9.97. The predicted octanol–water partition coefficient (Wildman–Crippen LogP) is 1.87. The normalized spacial score (nSPS) is 9.95. The number of aromatic nitrogens is 1. The Hall–Kier alpha value is -3.09. The molecule has 7 nitrogen and oxygen atoms in total. The summed E-state index contributed by atoms with van der Waals surface area (Å²) in [6.45, 7) is 1.88. The summed E-state index contributed by atoms with van der Waals surface area (Å²) in [6, 6.07) is 9.05. The monoisotopic (exact) mass is 285 g/mol. The Morgan fingerprint density at radius 3 is 2.29 bits per heavy atom. The molecule has 0 aliphatic heterocycles. The second-order valence-electron chi connectivity index (χ2n) is 4.31. The van der Waals surface area contributed by atoms with E-state index in [9.17, 15) is 19.7 Å². The molecule has 0 bridgehead atoms. The van der Waals surface area contributed by atoms with Crippen molar-refractivity contribution in [3.63, 3.8) is 0 Å². The summed E-state index contributed by atoms with van der Waals surface area (Å²) in [5.74, 6) is -1.27. The van der Waals surface area contributed by atoms with E-state index in [1.165, 1.54) is 6.07 Å². The van der Waals surface area contributed by atoms with Crippen LogP contribution in [0.3, 0.4) is 0 Å². The molecule has 0 unspecified atom stereocenters. The van der Waals surface area contributed by atoms with Crippen LogP contribution in [0, 0.1) is 17.0 Å². The van der Waals surface area contributed by atoms with E-state index < -0.39 is 16.7 Å². The summed E-state index contributed by atoms with van der Waals surface area (Å²) in [6.07, 6.45) is 0.964. The van der Waals surface area contributed by atoms with Gasteiger partial charge in [-0.25, -0.2) is 4.98 Å². The molecule has 2 rings (SSSR count). The number of carbonyl (C=O) groups is 2. The first-order valence-corrected chi connectivity index (χ1v) is 6.00. The van der Waals surface area contributed by atoms with Gasteiger partial charge in [-0.2, -0.15) is 0 Å². The third-order valence-corrected chi connectivity index (χ3v) is 2.73. The molecule has 0 fully saturated rings. The number of pyridine rings is 1. The van der Waals surface area contributed by atoms with Gasteiger partial charge < -0.3 is 0 Å². The molecule has 1 N–H and O–H groups in total. The van der Waals surface area contributed by atoms with E-state index in [1.807, 2.05) is 6.92 Å². The molecule has 1 aromatic heterocycles. The summed E-state index contributed by atoms with van der Waals surface area (Å²) in [5, 5.41) is 12.7. The minimum atomic E-state index is -0.713. The minimum absolute atomic E-state index is 0.0685. The van der Waals surface area contributed by atoms with Gasteiger partial charge in [0.05, 0.1) is 4.92 Å². The quantitative estimate of drug-likeness (QED) is 0.527. The lowest BCUT2D eigenvalue weighted by molar-refractivity contribution is -0.385. The molecule has 0 spiro atoms. The standard InChI is InChI=1S/C14H11N3O4/c1-9-2-4-10(5-3-9)13(18)16-14(19)12-7-6-11(8-15-12)17(20)21/h2-8H,1H3,(H,16,18,19). The average molecular weight is 285 g/mol. The summed E-state index contributed by atoms with van der Waals surface area (Å²) >= 11 is 0. The molecule has 0 aliphatic carbocycles. The van der Waals surface area contributed by atoms with Crippen LogP contribution in [0.5, 0.6) is 0 Å². The van der Waals surface area contributed by atoms with Crippen LogP contribution in [0.1, 0.15) is 26.4 Å². The molecule has 0 atom stereocenters. The lowest BCUT2D eigenvalue weighted by Crippen LogP contribution is -2.31. The highest BCUT2D eigenvalue weighted by Crippen LogP contribution is 2.09. The Bertz CT molecular complexity index is 693. The van der Waals surface area contributed by atoms with Gasteiger partial charge >= 0.3 is 0 Å². The summed E-state index contributed by atoms with van der Waals surface area (Å²) in [4.78, 5) is 37.2. The Balaban J connectivity index is 2.08. The van der Waals surface area contributed by atoms with E-state index in [0.29, 0.717) is 5.56 Å². The second-order valence-corrected chi connectivity index (χ2v) is 4.31. The number of nitrogens with one attached hydrogen (secondary N) is 1. The number of amides is 2. The minimum Gasteiger partial charge on any atom is -0.287 e. The van der Waals surface area contributed by atoms with Crippen molar-refractivity contribution >= 4 is 17.5 Å². The van der Waals surface area contributed by atoms with Crippen LogP contribution in [0.4, 0.5) is 5.69 Å². The van der Waals surface area contributed by atoms with Gasteiger partial charge in [0, 0.05) is 11.6 Å². The molecule has 0 aliphatic rings. The molecule has 106 valence electrons. The summed E-state index contributed by atoms with van der Waals surface area (Å²) in [5.41, 5.74) is 1.04. The molecule has 2 aromatic rings. The molecule has 1 aromatic carbocycles. The van der Waals surface area contributed by atoms with Crippen molar-refractivity contribution in [3.8, 4) is 0 Å². The zero-order valence-corrected chi connectivity index (χ0v) is 11.1. The molecule has 0 radical (unpaired) electrons. The lowest BCUT2D eigenvalue weighted by Gasteiger charge is -2.04. The average Bonchev–Trinajstić information content (AvgIpc) is 2.47. The number of carbonyl (C=O) groups excluding carboxylic acids is 2. The molecule has 21 heavy (non-hydrogen) atoms. The highest BCUT2D eigenvalue weighted by Gasteiger charge is 2.14. The molecule has 7 heteroatoms. The highest BCUT2D eigenvalue weighted by atomic mass is 16.6. The molecule has 1 heterocycles. The topological polar surface area (TPSA) is 102 Å². The van der Waals surface area contributed by atoms with Crippen molar-refractivity contribution in [2.45, 2.75) is 6.92 Å². The molecule has 2 amide bonds. The number of nitrogens with zero attached hydrogens (tertiary/aromatic N) is 2. The number of imide groups is 1. The fourth-order valence-electron chi connectivity index (χ4n) is 1.57. The van der Waals surface area contributed by atoms with Gasteiger partial charge in [-0.15, -0.1) is 0 Å². The van der Waals surface area contributed by atoms with Gasteiger partial charge in [0.2, 0.25) is 0 Å². The van der Waals surface area contributed by atoms with Crippen LogP contribution in [0.15, 0.2) is 42.6 Å². The van der Waals surface area contributed by atoms with E-state index in [0.717, 1.165) is 17.8 Å². The molecule has 0 saturated heterocycles. The van der Waals surface area contributed by atoms with Crippen molar-refractivity contribution in [3.05, 3.63) is 69.5 Å². The van der Waals surface area contributed by atoms with Gasteiger partial charge in [0.1, 0.15) is 11.9 Å². The van der Waals surface area contributed by atoms with Crippen molar-refractivity contribution in [1.29, 1.82) is 0 Å². The Labute approximate surface area is 119 Å². The van der Waals surface area contributed by atoms with Crippen LogP contribution in [0.2, 0.25) is 0 Å². The molecular weight excluding hydrogens is 274 g/mol. The Kier molecular flexibility index (Phi) is 4.03. The van der Waals surface area contributed by atoms with E-state index in [-0.39, 0.29) is 11.4 Å². The zero-order chi connectivity index (χ0) is 15.4. The maximum atomic E-state index is 11.8. The maximum absolute atomic E-state index is 11.8. The van der Waals surface area contributed by atoms with E-state index in [4.69, 9.17) is 0 Å². The zero-order valence-electron chi connectivity index (χ0n) is 11.1. The lowest BCUT2D eigenvalue weighted by atomic mass is 10.1. The van der Waals surface area contributed by atoms with Crippen LogP contribution >= 0.6 is 0 Å². The Morgan fingerprint density at radius 1 is 1.10 bits per heavy atom.